The Hall–Kier alpha value is -4.20. The van der Waals surface area contributed by atoms with Gasteiger partial charge in [0.05, 0.1) is 10.5 Å². The molecule has 1 unspecified atom stereocenters. The summed E-state index contributed by atoms with van der Waals surface area (Å²) in [6.45, 7) is 0. The number of aromatic nitrogens is 2. The maximum Gasteiger partial charge on any atom is 0.269 e. The number of aromatic amines is 1. The first kappa shape index (κ1) is 16.9. The molecule has 3 N–H and O–H groups in total. The highest BCUT2D eigenvalue weighted by atomic mass is 16.6. The molecule has 5 rings (SSSR count). The molecule has 8 heteroatoms. The highest BCUT2D eigenvalue weighted by molar-refractivity contribution is 5.90. The van der Waals surface area contributed by atoms with Gasteiger partial charge in [-0.2, -0.15) is 4.98 Å². The van der Waals surface area contributed by atoms with Crippen LogP contribution in [0, 0.1) is 10.1 Å². The first-order chi connectivity index (χ1) is 14.0. The van der Waals surface area contributed by atoms with Crippen LogP contribution in [-0.4, -0.2) is 14.9 Å². The Morgan fingerprint density at radius 1 is 1.07 bits per heavy atom. The van der Waals surface area contributed by atoms with Crippen LogP contribution in [0.15, 0.2) is 65.5 Å². The largest absolute Gasteiger partial charge is 0.438 e. The third-order valence-corrected chi connectivity index (χ3v) is 5.07. The SMILES string of the molecule is Nc1nc2c(c(=O)[nH]1)C(c1cccc([N+](=O)[O-])c1)c1c(ccc3ccccc13)O2. The molecule has 0 amide bonds. The summed E-state index contributed by atoms with van der Waals surface area (Å²) in [4.78, 5) is 30.4. The molecular formula is C21H14N4O4. The zero-order chi connectivity index (χ0) is 20.1. The normalized spacial score (nSPS) is 14.7. The summed E-state index contributed by atoms with van der Waals surface area (Å²) in [7, 11) is 0. The molecule has 29 heavy (non-hydrogen) atoms. The van der Waals surface area contributed by atoms with Crippen LogP contribution in [0.25, 0.3) is 10.8 Å². The molecule has 1 atom stereocenters. The molecule has 0 bridgehead atoms. The summed E-state index contributed by atoms with van der Waals surface area (Å²) in [5.41, 5.74) is 6.83. The third kappa shape index (κ3) is 2.61. The number of non-ortho nitro benzene ring substituents is 1. The topological polar surface area (TPSA) is 124 Å². The molecule has 0 aliphatic carbocycles. The molecule has 0 fully saturated rings. The van der Waals surface area contributed by atoms with Crippen molar-refractivity contribution in [2.45, 2.75) is 5.92 Å². The number of anilines is 1. The van der Waals surface area contributed by atoms with Crippen LogP contribution in [0.5, 0.6) is 11.6 Å². The molecule has 0 saturated heterocycles. The van der Waals surface area contributed by atoms with Crippen molar-refractivity contribution >= 4 is 22.4 Å². The zero-order valence-corrected chi connectivity index (χ0v) is 15.0. The van der Waals surface area contributed by atoms with Crippen LogP contribution in [0.4, 0.5) is 11.6 Å². The van der Waals surface area contributed by atoms with E-state index < -0.39 is 16.4 Å². The molecule has 8 nitrogen and oxygen atoms in total. The van der Waals surface area contributed by atoms with E-state index in [9.17, 15) is 14.9 Å². The third-order valence-electron chi connectivity index (χ3n) is 5.07. The smallest absolute Gasteiger partial charge is 0.269 e. The minimum Gasteiger partial charge on any atom is -0.438 e. The van der Waals surface area contributed by atoms with Gasteiger partial charge < -0.3 is 10.5 Å². The Labute approximate surface area is 163 Å². The fourth-order valence-corrected chi connectivity index (χ4v) is 3.87. The predicted octanol–water partition coefficient (Wildman–Crippen LogP) is 3.70. The van der Waals surface area contributed by atoms with E-state index in [2.05, 4.69) is 9.97 Å². The van der Waals surface area contributed by atoms with Gasteiger partial charge in [-0.3, -0.25) is 19.9 Å². The number of ether oxygens (including phenoxy) is 1. The van der Waals surface area contributed by atoms with Gasteiger partial charge in [0.2, 0.25) is 11.8 Å². The van der Waals surface area contributed by atoms with Crippen molar-refractivity contribution in [2.24, 2.45) is 0 Å². The lowest BCUT2D eigenvalue weighted by atomic mass is 9.81. The monoisotopic (exact) mass is 386 g/mol. The van der Waals surface area contributed by atoms with E-state index in [1.165, 1.54) is 12.1 Å². The summed E-state index contributed by atoms with van der Waals surface area (Å²) in [6.07, 6.45) is 0. The Morgan fingerprint density at radius 3 is 2.72 bits per heavy atom. The van der Waals surface area contributed by atoms with Crippen LogP contribution >= 0.6 is 0 Å². The molecule has 0 radical (unpaired) electrons. The molecular weight excluding hydrogens is 372 g/mol. The second-order valence-corrected chi connectivity index (χ2v) is 6.76. The predicted molar refractivity (Wildman–Crippen MR) is 107 cm³/mol. The molecule has 0 saturated carbocycles. The van der Waals surface area contributed by atoms with Gasteiger partial charge in [-0.05, 0) is 22.4 Å². The summed E-state index contributed by atoms with van der Waals surface area (Å²) in [6, 6.07) is 17.7. The first-order valence-electron chi connectivity index (χ1n) is 8.86. The van der Waals surface area contributed by atoms with Crippen LogP contribution in [-0.2, 0) is 0 Å². The summed E-state index contributed by atoms with van der Waals surface area (Å²) < 4.78 is 5.93. The Morgan fingerprint density at radius 2 is 1.90 bits per heavy atom. The van der Waals surface area contributed by atoms with E-state index in [4.69, 9.17) is 10.5 Å². The number of rotatable bonds is 2. The van der Waals surface area contributed by atoms with Crippen LogP contribution in [0.1, 0.15) is 22.6 Å². The summed E-state index contributed by atoms with van der Waals surface area (Å²) in [5.74, 6) is -0.0249. The molecule has 4 aromatic rings. The molecule has 1 aromatic heterocycles. The average molecular weight is 386 g/mol. The van der Waals surface area contributed by atoms with Crippen molar-refractivity contribution < 1.29 is 9.66 Å². The molecule has 2 heterocycles. The van der Waals surface area contributed by atoms with Gasteiger partial charge in [0.15, 0.2) is 0 Å². The highest BCUT2D eigenvalue weighted by Crippen LogP contribution is 2.48. The number of fused-ring (bicyclic) bond motifs is 4. The maximum atomic E-state index is 12.8. The fourth-order valence-electron chi connectivity index (χ4n) is 3.87. The van der Waals surface area contributed by atoms with E-state index in [1.807, 2.05) is 36.4 Å². The minimum absolute atomic E-state index is 0.0582. The van der Waals surface area contributed by atoms with Crippen LogP contribution in [0.2, 0.25) is 0 Å². The number of nitrogens with one attached hydrogen (secondary N) is 1. The number of nitrogen functional groups attached to an aromatic ring is 1. The number of nitro groups is 1. The molecule has 0 spiro atoms. The lowest BCUT2D eigenvalue weighted by Gasteiger charge is -2.28. The quantitative estimate of drug-likeness (QED) is 0.352. The maximum absolute atomic E-state index is 12.8. The standard InChI is InChI=1S/C21H14N4O4/c22-21-23-19(26)18-16(12-5-3-6-13(10-12)25(27)28)17-14-7-2-1-4-11(14)8-9-15(17)29-20(18)24-21/h1-10,16H,(H3,22,23,24,26). The zero-order valence-electron chi connectivity index (χ0n) is 15.0. The van der Waals surface area contributed by atoms with Gasteiger partial charge in [-0.25, -0.2) is 0 Å². The lowest BCUT2D eigenvalue weighted by molar-refractivity contribution is -0.384. The van der Waals surface area contributed by atoms with Gasteiger partial charge >= 0.3 is 0 Å². The number of hydrogen-bond donors (Lipinski definition) is 2. The van der Waals surface area contributed by atoms with Gasteiger partial charge in [0, 0.05) is 23.6 Å². The van der Waals surface area contributed by atoms with E-state index in [1.54, 1.807) is 12.1 Å². The number of benzene rings is 3. The van der Waals surface area contributed by atoms with Crippen molar-refractivity contribution in [2.75, 3.05) is 5.73 Å². The first-order valence-corrected chi connectivity index (χ1v) is 8.86. The van der Waals surface area contributed by atoms with E-state index in [-0.39, 0.29) is 23.1 Å². The Balaban J connectivity index is 1.88. The second-order valence-electron chi connectivity index (χ2n) is 6.76. The van der Waals surface area contributed by atoms with Crippen molar-refractivity contribution in [1.82, 2.24) is 9.97 Å². The summed E-state index contributed by atoms with van der Waals surface area (Å²) >= 11 is 0. The highest BCUT2D eigenvalue weighted by Gasteiger charge is 2.34. The van der Waals surface area contributed by atoms with Crippen LogP contribution < -0.4 is 16.0 Å². The Bertz CT molecular complexity index is 1360. The minimum atomic E-state index is -0.600. The molecule has 3 aromatic carbocycles. The van der Waals surface area contributed by atoms with Gasteiger partial charge in [-0.1, -0.05) is 42.5 Å². The molecule has 142 valence electrons. The van der Waals surface area contributed by atoms with E-state index in [0.717, 1.165) is 16.3 Å². The van der Waals surface area contributed by atoms with Crippen molar-refractivity contribution in [3.8, 4) is 11.6 Å². The molecule has 1 aliphatic heterocycles. The van der Waals surface area contributed by atoms with Crippen molar-refractivity contribution in [1.29, 1.82) is 0 Å². The van der Waals surface area contributed by atoms with Crippen LogP contribution in [0.3, 0.4) is 0 Å². The van der Waals surface area contributed by atoms with Gasteiger partial charge in [-0.15, -0.1) is 0 Å². The second kappa shape index (κ2) is 6.16. The van der Waals surface area contributed by atoms with Crippen molar-refractivity contribution in [3.63, 3.8) is 0 Å². The number of nitro benzene ring substituents is 1. The van der Waals surface area contributed by atoms with E-state index in [0.29, 0.717) is 11.3 Å². The average Bonchev–Trinajstić information content (AvgIpc) is 2.72. The van der Waals surface area contributed by atoms with E-state index >= 15 is 0 Å². The Kier molecular flexibility index (Phi) is 3.60. The van der Waals surface area contributed by atoms with Gasteiger partial charge in [0.25, 0.3) is 11.2 Å². The number of H-pyrrole nitrogens is 1. The summed E-state index contributed by atoms with van der Waals surface area (Å²) in [5, 5.41) is 13.2. The fraction of sp³-hybridized carbons (Fsp3) is 0.0476. The number of nitrogens with two attached hydrogens (primary N) is 1. The number of hydrogen-bond acceptors (Lipinski definition) is 6. The van der Waals surface area contributed by atoms with Crippen molar-refractivity contribution in [3.05, 3.63) is 97.8 Å². The lowest BCUT2D eigenvalue weighted by Crippen LogP contribution is -2.25. The number of nitrogens with zero attached hydrogens (tertiary/aromatic N) is 2. The molecule has 1 aliphatic rings. The van der Waals surface area contributed by atoms with Gasteiger partial charge in [0.1, 0.15) is 5.75 Å².